The van der Waals surface area contributed by atoms with Crippen molar-refractivity contribution in [3.8, 4) is 0 Å². The molecule has 0 aromatic heterocycles. The number of piperidine rings is 1. The third-order valence-electron chi connectivity index (χ3n) is 5.11. The maximum absolute atomic E-state index is 2.71. The Morgan fingerprint density at radius 3 is 1.67 bits per heavy atom. The van der Waals surface area contributed by atoms with Gasteiger partial charge < -0.3 is 4.90 Å². The summed E-state index contributed by atoms with van der Waals surface area (Å²) < 4.78 is 0. The lowest BCUT2D eigenvalue weighted by Crippen LogP contribution is -2.34. The van der Waals surface area contributed by atoms with Gasteiger partial charge in [-0.15, -0.1) is 0 Å². The monoisotopic (exact) mass is 301 g/mol. The Kier molecular flexibility index (Phi) is 14.7. The average Bonchev–Trinajstić information content (AvgIpc) is 2.50. The highest BCUT2D eigenvalue weighted by molar-refractivity contribution is 4.71. The molecule has 128 valence electrons. The number of unbranched alkanes of at least 4 members (excludes halogenated alkanes) is 9. The quantitative estimate of drug-likeness (QED) is 0.389. The molecule has 0 atom stereocenters. The minimum Gasteiger partial charge on any atom is -0.303 e. The first-order chi connectivity index (χ1) is 9.86. The number of halogens is 1. The topological polar surface area (TPSA) is 3.24 Å². The zero-order valence-corrected chi connectivity index (χ0v) is 14.7. The van der Waals surface area contributed by atoms with Gasteiger partial charge in [-0.3, -0.25) is 4.70 Å². The molecule has 1 aliphatic heterocycles. The number of hydrogen-bond donors (Lipinski definition) is 0. The van der Waals surface area contributed by atoms with Crippen LogP contribution in [0.2, 0.25) is 0 Å². The predicted octanol–water partition coefficient (Wildman–Crippen LogP) is 6.18. The van der Waals surface area contributed by atoms with Gasteiger partial charge in [-0.05, 0) is 44.8 Å². The fraction of sp³-hybridized carbons (Fsp3) is 1.00. The molecule has 0 N–H and O–H groups in total. The Hall–Kier alpha value is -0.110. The number of hydrogen-bond acceptors (Lipinski definition) is 1. The third-order valence-corrected chi connectivity index (χ3v) is 5.11. The highest BCUT2D eigenvalue weighted by Crippen LogP contribution is 2.20. The van der Waals surface area contributed by atoms with Crippen molar-refractivity contribution in [1.82, 2.24) is 4.90 Å². The molecule has 0 bridgehead atoms. The van der Waals surface area contributed by atoms with Crippen LogP contribution in [0.3, 0.4) is 0 Å². The second kappa shape index (κ2) is 14.8. The van der Waals surface area contributed by atoms with Gasteiger partial charge in [-0.25, -0.2) is 0 Å². The highest BCUT2D eigenvalue weighted by atomic mass is 19.0. The van der Waals surface area contributed by atoms with Crippen molar-refractivity contribution in [3.63, 3.8) is 0 Å². The molecule has 0 aromatic rings. The van der Waals surface area contributed by atoms with Gasteiger partial charge in [0.2, 0.25) is 0 Å². The summed E-state index contributed by atoms with van der Waals surface area (Å²) in [6.45, 7) is 8.76. The van der Waals surface area contributed by atoms with Gasteiger partial charge in [0.15, 0.2) is 0 Å². The number of rotatable bonds is 12. The molecule has 0 aliphatic carbocycles. The van der Waals surface area contributed by atoms with Crippen LogP contribution in [0.25, 0.3) is 0 Å². The standard InChI is InChI=1S/C19H39N.FH/c1-3-5-6-7-8-9-10-11-12-13-16-20-17-14-19(4-2)15-18-20;/h19H,3-18H2,1-2H3;1H. The van der Waals surface area contributed by atoms with E-state index in [1.807, 2.05) is 0 Å². The average molecular weight is 302 g/mol. The SMILES string of the molecule is CCCCCCCCCCCCN1CCC(CC)CC1.F. The molecule has 0 unspecified atom stereocenters. The van der Waals surface area contributed by atoms with Crippen LogP contribution < -0.4 is 0 Å². The van der Waals surface area contributed by atoms with Crippen molar-refractivity contribution in [1.29, 1.82) is 0 Å². The van der Waals surface area contributed by atoms with E-state index in [-0.39, 0.29) is 4.70 Å². The maximum atomic E-state index is 2.71. The van der Waals surface area contributed by atoms with E-state index in [0.29, 0.717) is 0 Å². The fourth-order valence-electron chi connectivity index (χ4n) is 3.44. The van der Waals surface area contributed by atoms with E-state index in [9.17, 15) is 0 Å². The molecule has 1 rings (SSSR count). The van der Waals surface area contributed by atoms with Gasteiger partial charge in [0.05, 0.1) is 0 Å². The van der Waals surface area contributed by atoms with Crippen molar-refractivity contribution in [2.75, 3.05) is 19.6 Å². The van der Waals surface area contributed by atoms with Crippen LogP contribution in [-0.2, 0) is 0 Å². The van der Waals surface area contributed by atoms with Crippen LogP contribution in [0.15, 0.2) is 0 Å². The predicted molar refractivity (Wildman–Crippen MR) is 93.8 cm³/mol. The lowest BCUT2D eigenvalue weighted by molar-refractivity contribution is 0.179. The normalized spacial score (nSPS) is 16.9. The smallest absolute Gasteiger partial charge is 0.00161 e. The first-order valence-corrected chi connectivity index (χ1v) is 9.59. The Bertz CT molecular complexity index is 200. The Morgan fingerprint density at radius 1 is 0.714 bits per heavy atom. The van der Waals surface area contributed by atoms with Gasteiger partial charge in [-0.2, -0.15) is 0 Å². The molecule has 1 nitrogen and oxygen atoms in total. The van der Waals surface area contributed by atoms with E-state index >= 15 is 0 Å². The van der Waals surface area contributed by atoms with Crippen LogP contribution in [0.5, 0.6) is 0 Å². The second-order valence-corrected chi connectivity index (χ2v) is 6.88. The van der Waals surface area contributed by atoms with Crippen molar-refractivity contribution in [3.05, 3.63) is 0 Å². The molecule has 1 heterocycles. The molecule has 0 saturated carbocycles. The van der Waals surface area contributed by atoms with E-state index in [0.717, 1.165) is 5.92 Å². The van der Waals surface area contributed by atoms with E-state index in [1.54, 1.807) is 0 Å². The third kappa shape index (κ3) is 11.2. The van der Waals surface area contributed by atoms with Crippen LogP contribution in [0.4, 0.5) is 4.70 Å². The van der Waals surface area contributed by atoms with Crippen molar-refractivity contribution >= 4 is 0 Å². The number of likely N-dealkylation sites (tertiary alicyclic amines) is 1. The second-order valence-electron chi connectivity index (χ2n) is 6.88. The fourth-order valence-corrected chi connectivity index (χ4v) is 3.44. The first-order valence-electron chi connectivity index (χ1n) is 9.59. The summed E-state index contributed by atoms with van der Waals surface area (Å²) in [4.78, 5) is 2.71. The Labute approximate surface area is 133 Å². The molecule has 21 heavy (non-hydrogen) atoms. The molecule has 0 radical (unpaired) electrons. The zero-order valence-electron chi connectivity index (χ0n) is 14.7. The molecule has 0 amide bonds. The van der Waals surface area contributed by atoms with Gasteiger partial charge in [-0.1, -0.05) is 78.1 Å². The van der Waals surface area contributed by atoms with Crippen LogP contribution in [0, 0.1) is 5.92 Å². The van der Waals surface area contributed by atoms with Crippen LogP contribution in [-0.4, -0.2) is 24.5 Å². The first kappa shape index (κ1) is 20.9. The summed E-state index contributed by atoms with van der Waals surface area (Å²) in [5.74, 6) is 1.03. The zero-order chi connectivity index (χ0) is 14.5. The van der Waals surface area contributed by atoms with Gasteiger partial charge in [0.25, 0.3) is 0 Å². The summed E-state index contributed by atoms with van der Waals surface area (Å²) >= 11 is 0. The molecule has 1 saturated heterocycles. The number of nitrogens with zero attached hydrogens (tertiary/aromatic N) is 1. The highest BCUT2D eigenvalue weighted by Gasteiger charge is 2.16. The van der Waals surface area contributed by atoms with Crippen molar-refractivity contribution in [2.24, 2.45) is 5.92 Å². The van der Waals surface area contributed by atoms with Crippen LogP contribution in [0.1, 0.15) is 97.3 Å². The van der Waals surface area contributed by atoms with Crippen molar-refractivity contribution in [2.45, 2.75) is 97.3 Å². The minimum atomic E-state index is 0. The van der Waals surface area contributed by atoms with E-state index in [4.69, 9.17) is 0 Å². The summed E-state index contributed by atoms with van der Waals surface area (Å²) in [6.07, 6.45) is 18.8. The molecule has 2 heteroatoms. The molecule has 0 spiro atoms. The van der Waals surface area contributed by atoms with Gasteiger partial charge in [0.1, 0.15) is 0 Å². The lowest BCUT2D eigenvalue weighted by atomic mass is 9.94. The Morgan fingerprint density at radius 2 is 1.19 bits per heavy atom. The van der Waals surface area contributed by atoms with E-state index in [2.05, 4.69) is 18.7 Å². The minimum absolute atomic E-state index is 0. The summed E-state index contributed by atoms with van der Waals surface area (Å²) in [5, 5.41) is 0. The van der Waals surface area contributed by atoms with Crippen LogP contribution >= 0.6 is 0 Å². The van der Waals surface area contributed by atoms with E-state index < -0.39 is 0 Å². The Balaban J connectivity index is 0.00000400. The largest absolute Gasteiger partial charge is 0.303 e. The van der Waals surface area contributed by atoms with Gasteiger partial charge in [0, 0.05) is 0 Å². The summed E-state index contributed by atoms with van der Waals surface area (Å²) in [6, 6.07) is 0. The summed E-state index contributed by atoms with van der Waals surface area (Å²) in [5.41, 5.74) is 0. The van der Waals surface area contributed by atoms with Gasteiger partial charge >= 0.3 is 0 Å². The molecular formula is C19H40FN. The van der Waals surface area contributed by atoms with Crippen molar-refractivity contribution < 1.29 is 4.70 Å². The molecule has 0 aromatic carbocycles. The maximum Gasteiger partial charge on any atom is -0.00161 e. The summed E-state index contributed by atoms with van der Waals surface area (Å²) in [7, 11) is 0. The van der Waals surface area contributed by atoms with E-state index in [1.165, 1.54) is 103 Å². The lowest BCUT2D eigenvalue weighted by Gasteiger charge is -2.31. The molecule has 1 aliphatic rings. The molecular weight excluding hydrogens is 261 g/mol. The molecule has 1 fully saturated rings.